The lowest BCUT2D eigenvalue weighted by Gasteiger charge is -2.27. The van der Waals surface area contributed by atoms with Gasteiger partial charge in [-0.05, 0) is 114 Å². The van der Waals surface area contributed by atoms with Gasteiger partial charge in [-0.1, -0.05) is 163 Å². The molecule has 0 saturated carbocycles. The van der Waals surface area contributed by atoms with Gasteiger partial charge in [0.05, 0.1) is 56.6 Å². The number of para-hydroxylation sites is 2. The van der Waals surface area contributed by atoms with Crippen molar-refractivity contribution in [2.75, 3.05) is 90.1 Å². The van der Waals surface area contributed by atoms with Crippen molar-refractivity contribution in [3.8, 4) is 22.4 Å². The fraction of sp³-hybridized carbons (Fsp3) is 0.338. The second kappa shape index (κ2) is 43.5. The van der Waals surface area contributed by atoms with E-state index in [0.29, 0.717) is 81.5 Å². The van der Waals surface area contributed by atoms with Gasteiger partial charge >= 0.3 is 0 Å². The van der Waals surface area contributed by atoms with Gasteiger partial charge in [0.1, 0.15) is 23.3 Å². The van der Waals surface area contributed by atoms with Crippen LogP contribution in [0.2, 0.25) is 0 Å². The summed E-state index contributed by atoms with van der Waals surface area (Å²) >= 11 is 0. The van der Waals surface area contributed by atoms with E-state index >= 15 is 0 Å². The number of ether oxygens (including phenoxy) is 3. The normalized spacial score (nSPS) is 13.6. The minimum atomic E-state index is -1.24. The molecule has 2 unspecified atom stereocenters. The zero-order chi connectivity index (χ0) is 71.5. The molecule has 18 nitrogen and oxygen atoms in total. The van der Waals surface area contributed by atoms with Gasteiger partial charge in [-0.2, -0.15) is 0 Å². The van der Waals surface area contributed by atoms with Gasteiger partial charge in [-0.25, -0.2) is 8.78 Å². The maximum absolute atomic E-state index is 14.1. The minimum Gasteiger partial charge on any atom is -0.550 e. The number of aliphatic carboxylic acids is 1. The van der Waals surface area contributed by atoms with Gasteiger partial charge < -0.3 is 60.0 Å². The number of Topliss-reactive ketones (excluding diaryl/α,β-unsaturated/α-hetero) is 2. The zero-order valence-corrected chi connectivity index (χ0v) is 57.1. The Morgan fingerprint density at radius 1 is 0.550 bits per heavy atom. The van der Waals surface area contributed by atoms with Crippen LogP contribution in [0, 0.1) is 23.5 Å². The number of quaternary nitrogens is 1. The third kappa shape index (κ3) is 25.2. The number of carbonyl (C=O) groups excluding carboxylic acids is 7. The van der Waals surface area contributed by atoms with Crippen molar-refractivity contribution in [1.82, 2.24) is 14.4 Å². The number of amides is 4. The number of aliphatic hydroxyl groups excluding tert-OH is 1. The molecule has 1 aromatic heterocycles. The molecule has 100 heavy (non-hydrogen) atoms. The van der Waals surface area contributed by atoms with E-state index in [1.54, 1.807) is 105 Å². The van der Waals surface area contributed by atoms with Crippen molar-refractivity contribution in [3.63, 3.8) is 0 Å². The quantitative estimate of drug-likeness (QED) is 0.0411. The maximum atomic E-state index is 14.1. The maximum Gasteiger partial charge on any atom is 0.258 e. The van der Waals surface area contributed by atoms with Crippen molar-refractivity contribution < 1.29 is 72.5 Å². The summed E-state index contributed by atoms with van der Waals surface area (Å²) in [5.41, 5.74) is 11.1. The van der Waals surface area contributed by atoms with E-state index in [0.717, 1.165) is 67.1 Å². The number of nitrogens with one attached hydrogen (secondary N) is 2. The molecule has 3 aliphatic rings. The number of anilines is 2. The highest BCUT2D eigenvalue weighted by Gasteiger charge is 2.41. The lowest BCUT2D eigenvalue weighted by molar-refractivity contribution is -0.366. The highest BCUT2D eigenvalue weighted by atomic mass is 19.1. The van der Waals surface area contributed by atoms with Crippen LogP contribution >= 0.6 is 0 Å². The Balaban J connectivity index is 0.000000262. The number of halogens is 2. The summed E-state index contributed by atoms with van der Waals surface area (Å²) in [6.45, 7) is 15.7. The molecule has 4 amide bonds. The first kappa shape index (κ1) is 80.8. The van der Waals surface area contributed by atoms with E-state index in [-0.39, 0.29) is 61.1 Å². The Morgan fingerprint density at radius 2 is 0.990 bits per heavy atom. The van der Waals surface area contributed by atoms with E-state index in [2.05, 4.69) is 34.8 Å². The summed E-state index contributed by atoms with van der Waals surface area (Å²) in [6, 6.07) is 57.1. The third-order valence-electron chi connectivity index (χ3n) is 16.1. The first-order valence-electron chi connectivity index (χ1n) is 33.4. The highest BCUT2D eigenvalue weighted by Crippen LogP contribution is 2.43. The van der Waals surface area contributed by atoms with Crippen LogP contribution in [0.5, 0.6) is 0 Å². The monoisotopic (exact) mass is 1370 g/mol. The Bertz CT molecular complexity index is 3750. The summed E-state index contributed by atoms with van der Waals surface area (Å²) in [4.78, 5) is 92.3. The molecule has 11 rings (SSSR count). The first-order chi connectivity index (χ1) is 47.9. The Labute approximate surface area is 586 Å². The predicted octanol–water partition coefficient (Wildman–Crippen LogP) is 11.4. The largest absolute Gasteiger partial charge is 0.550 e. The van der Waals surface area contributed by atoms with E-state index < -0.39 is 41.2 Å². The van der Waals surface area contributed by atoms with E-state index in [1.807, 2.05) is 82.6 Å². The smallest absolute Gasteiger partial charge is 0.258 e. The number of carboxylic acid groups (broad SMARTS) is 1. The molecule has 8 aromatic rings. The van der Waals surface area contributed by atoms with Crippen LogP contribution in [0.1, 0.15) is 110 Å². The van der Waals surface area contributed by atoms with E-state index in [9.17, 15) is 47.4 Å². The van der Waals surface area contributed by atoms with Crippen LogP contribution in [-0.4, -0.2) is 140 Å². The summed E-state index contributed by atoms with van der Waals surface area (Å²) in [5.74, 6) is -5.87. The fourth-order valence-electron chi connectivity index (χ4n) is 11.3. The van der Waals surface area contributed by atoms with Gasteiger partial charge in [0.25, 0.3) is 5.91 Å². The van der Waals surface area contributed by atoms with Crippen molar-refractivity contribution in [3.05, 3.63) is 240 Å². The molecule has 4 heterocycles. The summed E-state index contributed by atoms with van der Waals surface area (Å²) in [7, 11) is 1.00. The van der Waals surface area contributed by atoms with Crippen LogP contribution in [-0.2, 0) is 51.1 Å². The average Bonchev–Trinajstić information content (AvgIpc) is 1.58. The molecule has 2 atom stereocenters. The molecule has 0 aliphatic carbocycles. The average molecular weight is 1370 g/mol. The van der Waals surface area contributed by atoms with Crippen LogP contribution in [0.25, 0.3) is 22.4 Å². The Kier molecular flexibility index (Phi) is 35.2. The van der Waals surface area contributed by atoms with E-state index in [4.69, 9.17) is 19.3 Å². The van der Waals surface area contributed by atoms with Gasteiger partial charge in [0.15, 0.2) is 5.78 Å². The molecule has 0 bridgehead atoms. The third-order valence-corrected chi connectivity index (χ3v) is 16.1. The minimum absolute atomic E-state index is 0. The molecular formula is C80H96F2N6O12. The molecule has 3 aliphatic heterocycles. The Morgan fingerprint density at radius 3 is 1.44 bits per heavy atom. The molecule has 532 valence electrons. The molecule has 0 spiro atoms. The molecule has 0 radical (unpaired) electrons. The predicted molar refractivity (Wildman–Crippen MR) is 384 cm³/mol. The first-order valence-corrected chi connectivity index (χ1v) is 33.4. The number of aliphatic hydroxyl groups is 1. The second-order valence-electron chi connectivity index (χ2n) is 23.8. The molecule has 6 N–H and O–H groups in total. The van der Waals surface area contributed by atoms with Crippen LogP contribution in [0.4, 0.5) is 20.2 Å². The molecule has 7 aromatic carbocycles. The summed E-state index contributed by atoms with van der Waals surface area (Å²) in [5, 5.41) is 22.9. The van der Waals surface area contributed by atoms with Crippen molar-refractivity contribution in [2.24, 2.45) is 11.8 Å². The lowest BCUT2D eigenvalue weighted by atomic mass is 9.75. The van der Waals surface area contributed by atoms with E-state index in [1.165, 1.54) is 49.2 Å². The number of carboxylic acids is 1. The fourth-order valence-corrected chi connectivity index (χ4v) is 11.3. The summed E-state index contributed by atoms with van der Waals surface area (Å²) in [6.07, 6.45) is 3.40. The number of ketones is 2. The van der Waals surface area contributed by atoms with Crippen LogP contribution in [0.3, 0.4) is 0 Å². The highest BCUT2D eigenvalue weighted by molar-refractivity contribution is 6.15. The number of morpholine rings is 2. The number of carbonyl (C=O) groups is 7. The van der Waals surface area contributed by atoms with Gasteiger partial charge in [0, 0.05) is 106 Å². The number of nitrogens with zero attached hydrogens (tertiary/aromatic N) is 3. The molecular weight excluding hydrogens is 1270 g/mol. The number of hydrogen-bond acceptors (Lipinski definition) is 12. The Hall–Kier alpha value is -9.83. The summed E-state index contributed by atoms with van der Waals surface area (Å²) < 4.78 is 45.0. The number of aromatic nitrogens is 1. The van der Waals surface area contributed by atoms with Crippen LogP contribution < -0.4 is 21.5 Å². The van der Waals surface area contributed by atoms with Gasteiger partial charge in [-0.3, -0.25) is 28.8 Å². The molecule has 3 saturated heterocycles. The van der Waals surface area contributed by atoms with Crippen molar-refractivity contribution in [1.29, 1.82) is 0 Å². The number of benzene rings is 7. The lowest BCUT2D eigenvalue weighted by Crippen LogP contribution is -2.53. The number of hydrogen-bond donors (Lipinski definition) is 4. The topological polar surface area (TPSA) is 254 Å². The van der Waals surface area contributed by atoms with Crippen LogP contribution in [0.15, 0.2) is 200 Å². The standard InChI is InChI=1S/C33H34FN3O3.C26H24FNO3.C8H8O2.C7H14N2O2.C4H8O.CH4O.CH4/c1-23(2)31-30(33(39)35-27-11-7-4-8-12-27)29(24-9-5-3-6-10-24)32(25-13-15-26(34)16-14-25)37(31)18-17-28(38)36-19-21-40-22-20-36;1-17(2)24(29)23(26(31)28-21-11-7-4-8-12-21)22(18-9-5-3-6-10-18)25(30)19-13-15-20(27)16-14-19;9-8(10)6-7-4-2-1-3-5-7;8-2-1-7(10)9-3-5-11-6-4-9;1-2-4-5-3-1;1-2;/h3-16,23H,17-22H2,1-2H3,(H,35,39);3-17,22-23H,1-2H3,(H,28,31);1-5H,6H2,(H,9,10);1-6,8H2;1-4H2;2H,1H3;1H4. The zero-order valence-electron chi connectivity index (χ0n) is 57.1. The van der Waals surface area contributed by atoms with Gasteiger partial charge in [-0.15, -0.1) is 0 Å². The van der Waals surface area contributed by atoms with Crippen molar-refractivity contribution in [2.45, 2.75) is 85.6 Å². The second-order valence-corrected chi connectivity index (χ2v) is 23.8. The molecule has 20 heteroatoms. The molecule has 3 fully saturated rings. The number of rotatable bonds is 20. The van der Waals surface area contributed by atoms with Crippen molar-refractivity contribution >= 4 is 52.5 Å². The van der Waals surface area contributed by atoms with Gasteiger partial charge in [0.2, 0.25) is 17.7 Å². The SMILES string of the molecule is C.C1CCOC1.CC(C)C(=O)C(C(=O)Nc1ccccc1)C(C(=O)c1ccc(F)cc1)c1ccccc1.CC(C)c1c(C(=O)Nc2ccccc2)c(-c2ccccc2)c(-c2ccc(F)cc2)n1CCC(=O)N1CCOCC1.CO.O=C([O-])Cc1ccccc1.[NH3+]CCC(=O)N1CCOCC1.